The van der Waals surface area contributed by atoms with Crippen molar-refractivity contribution in [3.8, 4) is 0 Å². The summed E-state index contributed by atoms with van der Waals surface area (Å²) in [4.78, 5) is 72.6. The Bertz CT molecular complexity index is 1800. The normalized spacial score (nSPS) is 14.2. The van der Waals surface area contributed by atoms with Crippen molar-refractivity contribution >= 4 is 39.5 Å². The van der Waals surface area contributed by atoms with Gasteiger partial charge in [-0.2, -0.15) is 0 Å². The summed E-state index contributed by atoms with van der Waals surface area (Å²) >= 11 is 0. The molecule has 0 aliphatic carbocycles. The van der Waals surface area contributed by atoms with E-state index in [0.29, 0.717) is 31.6 Å². The summed E-state index contributed by atoms with van der Waals surface area (Å²) in [6.07, 6.45) is 44.6. The monoisotopic (exact) mass is 1340 g/mol. The lowest BCUT2D eigenvalue weighted by molar-refractivity contribution is -0.161. The first-order valence-corrected chi connectivity index (χ1v) is 40.2. The van der Waals surface area contributed by atoms with Gasteiger partial charge in [-0.1, -0.05) is 306 Å². The molecule has 0 saturated carbocycles. The molecule has 0 rings (SSSR count). The minimum Gasteiger partial charge on any atom is -0.462 e. The van der Waals surface area contributed by atoms with Gasteiger partial charge in [0.1, 0.15) is 19.3 Å². The van der Waals surface area contributed by atoms with Crippen LogP contribution in [0.3, 0.4) is 0 Å². The number of hydrogen-bond donors (Lipinski definition) is 3. The number of unbranched alkanes of at least 4 members (excludes halogenated alkanes) is 35. The third-order valence-electron chi connectivity index (χ3n) is 16.6. The van der Waals surface area contributed by atoms with Crippen molar-refractivity contribution in [2.24, 2.45) is 23.7 Å². The third kappa shape index (κ3) is 66.5. The largest absolute Gasteiger partial charge is 0.472 e. The number of aliphatic hydroxyl groups excluding tert-OH is 1. The minimum absolute atomic E-state index is 0.105. The molecular formula is C72H140O17P2. The smallest absolute Gasteiger partial charge is 0.462 e. The van der Waals surface area contributed by atoms with E-state index in [1.807, 2.05) is 0 Å². The zero-order chi connectivity index (χ0) is 67.5. The average Bonchev–Trinajstić information content (AvgIpc) is 3.64. The molecule has 17 nitrogen and oxygen atoms in total. The molecule has 0 aliphatic rings. The molecule has 0 amide bonds. The number of rotatable bonds is 69. The highest BCUT2D eigenvalue weighted by Crippen LogP contribution is 2.45. The number of hydrogen-bond acceptors (Lipinski definition) is 15. The van der Waals surface area contributed by atoms with E-state index in [2.05, 4.69) is 55.4 Å². The van der Waals surface area contributed by atoms with Crippen LogP contribution < -0.4 is 0 Å². The van der Waals surface area contributed by atoms with Crippen molar-refractivity contribution in [1.29, 1.82) is 0 Å². The molecule has 19 heteroatoms. The molecule has 0 fully saturated rings. The molecule has 5 atom stereocenters. The first-order chi connectivity index (χ1) is 43.6. The average molecular weight is 1340 g/mol. The van der Waals surface area contributed by atoms with Gasteiger partial charge in [0.15, 0.2) is 12.2 Å². The Morgan fingerprint density at radius 3 is 0.681 bits per heavy atom. The second kappa shape index (κ2) is 61.6. The molecule has 91 heavy (non-hydrogen) atoms. The molecule has 0 bridgehead atoms. The Morgan fingerprint density at radius 1 is 0.275 bits per heavy atom. The standard InChI is InChI=1S/C72H140O17P2/c1-62(2)48-40-32-24-18-14-11-9-10-12-16-20-28-38-46-54-71(76)89-68(59-83-70(75)53-45-37-31-30-35-43-51-65(7)8)61-87-91(80,81)85-57-66(73)56-84-90(78,79)86-60-67(58-82-69(74)52-44-36-27-23-22-26-34-42-50-64(5)6)88-72(77)55-47-39-29-21-17-13-15-19-25-33-41-49-63(3)4/h62-68,73H,9-61H2,1-8H3,(H,78,79)(H,80,81)/t66?,67-,68-/m1/s1. The van der Waals surface area contributed by atoms with Gasteiger partial charge in [0.2, 0.25) is 0 Å². The number of phosphoric acid groups is 2. The molecule has 0 saturated heterocycles. The fourth-order valence-electron chi connectivity index (χ4n) is 10.8. The molecule has 0 aromatic heterocycles. The topological polar surface area (TPSA) is 237 Å². The molecule has 0 radical (unpaired) electrons. The van der Waals surface area contributed by atoms with Crippen LogP contribution in [0.1, 0.15) is 357 Å². The van der Waals surface area contributed by atoms with Crippen LogP contribution in [0, 0.1) is 23.7 Å². The van der Waals surface area contributed by atoms with E-state index in [1.54, 1.807) is 0 Å². The van der Waals surface area contributed by atoms with Gasteiger partial charge < -0.3 is 33.8 Å². The second-order valence-electron chi connectivity index (χ2n) is 27.9. The summed E-state index contributed by atoms with van der Waals surface area (Å²) in [6, 6.07) is 0. The SMILES string of the molecule is CC(C)CCCCCCCCCCCCCCCCC(=O)O[C@H](COC(=O)CCCCCCCCC(C)C)COP(=O)(O)OCC(O)COP(=O)(O)OC[C@@H](COC(=O)CCCCCCCCCCC(C)C)OC(=O)CCCCCCCCCCCCCC(C)C. The number of carbonyl (C=O) groups excluding carboxylic acids is 4. The Kier molecular flexibility index (Phi) is 60.3. The fourth-order valence-corrected chi connectivity index (χ4v) is 12.4. The van der Waals surface area contributed by atoms with Gasteiger partial charge in [0.25, 0.3) is 0 Å². The van der Waals surface area contributed by atoms with E-state index < -0.39 is 97.5 Å². The predicted octanol–water partition coefficient (Wildman–Crippen LogP) is 20.5. The molecule has 3 N–H and O–H groups in total. The molecule has 0 spiro atoms. The van der Waals surface area contributed by atoms with E-state index in [0.717, 1.165) is 114 Å². The van der Waals surface area contributed by atoms with Crippen LogP contribution in [0.15, 0.2) is 0 Å². The maximum absolute atomic E-state index is 13.0. The first kappa shape index (κ1) is 89.1. The van der Waals surface area contributed by atoms with Crippen LogP contribution >= 0.6 is 15.6 Å². The zero-order valence-electron chi connectivity index (χ0n) is 59.5. The number of carbonyl (C=O) groups is 4. The summed E-state index contributed by atoms with van der Waals surface area (Å²) < 4.78 is 68.3. The summed E-state index contributed by atoms with van der Waals surface area (Å²) in [5.74, 6) is 0.838. The Morgan fingerprint density at radius 2 is 0.462 bits per heavy atom. The molecule has 0 aliphatic heterocycles. The van der Waals surface area contributed by atoms with Crippen LogP contribution in [-0.2, 0) is 65.4 Å². The first-order valence-electron chi connectivity index (χ1n) is 37.2. The summed E-state index contributed by atoms with van der Waals surface area (Å²) in [6.45, 7) is 14.1. The lowest BCUT2D eigenvalue weighted by Gasteiger charge is -2.21. The molecule has 0 heterocycles. The Labute approximate surface area is 556 Å². The number of esters is 4. The van der Waals surface area contributed by atoms with Crippen LogP contribution in [-0.4, -0.2) is 96.7 Å². The van der Waals surface area contributed by atoms with Crippen LogP contribution in [0.4, 0.5) is 0 Å². The van der Waals surface area contributed by atoms with Gasteiger partial charge in [-0.25, -0.2) is 9.13 Å². The van der Waals surface area contributed by atoms with Crippen molar-refractivity contribution in [3.05, 3.63) is 0 Å². The fraction of sp³-hybridized carbons (Fsp3) is 0.944. The van der Waals surface area contributed by atoms with E-state index in [1.165, 1.54) is 154 Å². The molecular weight excluding hydrogens is 1200 g/mol. The summed E-state index contributed by atoms with van der Waals surface area (Å²) in [5, 5.41) is 10.6. The quantitative estimate of drug-likeness (QED) is 0.0222. The van der Waals surface area contributed by atoms with E-state index in [4.69, 9.17) is 37.0 Å². The molecule has 0 aromatic rings. The van der Waals surface area contributed by atoms with Gasteiger partial charge >= 0.3 is 39.5 Å². The predicted molar refractivity (Wildman–Crippen MR) is 367 cm³/mol. The lowest BCUT2D eigenvalue weighted by atomic mass is 10.0. The highest BCUT2D eigenvalue weighted by Gasteiger charge is 2.30. The van der Waals surface area contributed by atoms with Crippen molar-refractivity contribution in [2.45, 2.75) is 375 Å². The summed E-state index contributed by atoms with van der Waals surface area (Å²) in [5.41, 5.74) is 0. The van der Waals surface area contributed by atoms with Crippen LogP contribution in [0.25, 0.3) is 0 Å². The number of ether oxygens (including phenoxy) is 4. The van der Waals surface area contributed by atoms with Gasteiger partial charge in [-0.05, 0) is 49.4 Å². The Balaban J connectivity index is 5.22. The van der Waals surface area contributed by atoms with E-state index in [-0.39, 0.29) is 25.7 Å². The molecule has 3 unspecified atom stereocenters. The van der Waals surface area contributed by atoms with Crippen LogP contribution in [0.2, 0.25) is 0 Å². The highest BCUT2D eigenvalue weighted by atomic mass is 31.2. The van der Waals surface area contributed by atoms with Gasteiger partial charge in [0, 0.05) is 25.7 Å². The number of phosphoric ester groups is 2. The molecule has 0 aromatic carbocycles. The second-order valence-corrected chi connectivity index (χ2v) is 30.8. The maximum atomic E-state index is 13.0. The minimum atomic E-state index is -4.95. The summed E-state index contributed by atoms with van der Waals surface area (Å²) in [7, 11) is -9.91. The maximum Gasteiger partial charge on any atom is 0.472 e. The van der Waals surface area contributed by atoms with E-state index >= 15 is 0 Å². The van der Waals surface area contributed by atoms with E-state index in [9.17, 15) is 43.2 Å². The van der Waals surface area contributed by atoms with Gasteiger partial charge in [-0.15, -0.1) is 0 Å². The number of aliphatic hydroxyl groups is 1. The van der Waals surface area contributed by atoms with Crippen LogP contribution in [0.5, 0.6) is 0 Å². The van der Waals surface area contributed by atoms with Crippen molar-refractivity contribution in [3.63, 3.8) is 0 Å². The van der Waals surface area contributed by atoms with Crippen molar-refractivity contribution in [1.82, 2.24) is 0 Å². The third-order valence-corrected chi connectivity index (χ3v) is 18.5. The van der Waals surface area contributed by atoms with Crippen molar-refractivity contribution < 1.29 is 80.2 Å². The lowest BCUT2D eigenvalue weighted by Crippen LogP contribution is -2.30. The van der Waals surface area contributed by atoms with Gasteiger partial charge in [-0.3, -0.25) is 37.3 Å². The Hall–Kier alpha value is -1.94. The molecule has 540 valence electrons. The highest BCUT2D eigenvalue weighted by molar-refractivity contribution is 7.47. The zero-order valence-corrected chi connectivity index (χ0v) is 61.3. The van der Waals surface area contributed by atoms with Gasteiger partial charge in [0.05, 0.1) is 26.4 Å². The van der Waals surface area contributed by atoms with Crippen molar-refractivity contribution in [2.75, 3.05) is 39.6 Å².